The second-order valence-electron chi connectivity index (χ2n) is 7.42. The van der Waals surface area contributed by atoms with Crippen LogP contribution in [0, 0.1) is 0 Å². The molecule has 148 valence electrons. The molecule has 1 unspecified atom stereocenters. The average molecular weight is 386 g/mol. The van der Waals surface area contributed by atoms with Gasteiger partial charge in [-0.25, -0.2) is 0 Å². The van der Waals surface area contributed by atoms with E-state index in [9.17, 15) is 19.2 Å². The van der Waals surface area contributed by atoms with Gasteiger partial charge in [0.15, 0.2) is 0 Å². The van der Waals surface area contributed by atoms with Crippen LogP contribution < -0.4 is 16.0 Å². The van der Waals surface area contributed by atoms with Gasteiger partial charge in [0.25, 0.3) is 11.8 Å². The molecule has 0 radical (unpaired) electrons. The largest absolute Gasteiger partial charge is 0.374 e. The Morgan fingerprint density at radius 2 is 1.93 bits per heavy atom. The van der Waals surface area contributed by atoms with Crippen LogP contribution in [-0.2, 0) is 20.9 Å². The maximum Gasteiger partial charge on any atom is 0.262 e. The van der Waals surface area contributed by atoms with Crippen LogP contribution in [0.4, 0.5) is 0 Å². The van der Waals surface area contributed by atoms with Gasteiger partial charge in [-0.1, -0.05) is 6.07 Å². The number of nitrogens with zero attached hydrogens (tertiary/aromatic N) is 1. The molecule has 9 heteroatoms. The van der Waals surface area contributed by atoms with Crippen molar-refractivity contribution in [1.82, 2.24) is 20.9 Å². The zero-order valence-electron chi connectivity index (χ0n) is 15.5. The van der Waals surface area contributed by atoms with Crippen molar-refractivity contribution in [2.24, 2.45) is 0 Å². The molecule has 2 saturated heterocycles. The Morgan fingerprint density at radius 3 is 2.57 bits per heavy atom. The molecule has 0 aromatic heterocycles. The lowest BCUT2D eigenvalue weighted by molar-refractivity contribution is -0.136. The number of rotatable bonds is 6. The number of hydrogen-bond donors (Lipinski definition) is 3. The minimum absolute atomic E-state index is 0.106. The number of benzene rings is 1. The molecule has 1 aromatic carbocycles. The number of amides is 4. The standard InChI is InChI=1S/C19H22N4O5/c1-28-19(9-21-10-19)8-20-7-11-2-3-12-13(6-11)18(27)23(17(12)26)14-4-5-15(24)22-16(14)25/h2-3,6,14,20-21H,4-5,7-10H2,1H3,(H,22,24,25). The van der Waals surface area contributed by atoms with Gasteiger partial charge < -0.3 is 15.4 Å². The van der Waals surface area contributed by atoms with Crippen molar-refractivity contribution >= 4 is 23.6 Å². The molecule has 0 aliphatic carbocycles. The average Bonchev–Trinajstić information content (AvgIpc) is 2.88. The van der Waals surface area contributed by atoms with Gasteiger partial charge >= 0.3 is 0 Å². The molecule has 3 aliphatic rings. The van der Waals surface area contributed by atoms with E-state index in [1.54, 1.807) is 25.3 Å². The van der Waals surface area contributed by atoms with Gasteiger partial charge in [0.1, 0.15) is 11.6 Å². The second kappa shape index (κ2) is 7.08. The van der Waals surface area contributed by atoms with Crippen LogP contribution in [0.2, 0.25) is 0 Å². The highest BCUT2D eigenvalue weighted by atomic mass is 16.5. The summed E-state index contributed by atoms with van der Waals surface area (Å²) in [5.41, 5.74) is 1.24. The molecule has 0 spiro atoms. The first-order chi connectivity index (χ1) is 13.4. The molecule has 3 aliphatic heterocycles. The third kappa shape index (κ3) is 3.11. The first-order valence-electron chi connectivity index (χ1n) is 9.25. The lowest BCUT2D eigenvalue weighted by atomic mass is 9.96. The van der Waals surface area contributed by atoms with Crippen LogP contribution in [0.15, 0.2) is 18.2 Å². The highest BCUT2D eigenvalue weighted by molar-refractivity contribution is 6.23. The van der Waals surface area contributed by atoms with E-state index in [0.29, 0.717) is 18.7 Å². The normalized spacial score (nSPS) is 23.5. The zero-order valence-corrected chi connectivity index (χ0v) is 15.5. The highest BCUT2D eigenvalue weighted by Crippen LogP contribution is 2.28. The van der Waals surface area contributed by atoms with Crippen molar-refractivity contribution in [1.29, 1.82) is 0 Å². The molecular weight excluding hydrogens is 364 g/mol. The van der Waals surface area contributed by atoms with Gasteiger partial charge in [-0.15, -0.1) is 0 Å². The third-order valence-electron chi connectivity index (χ3n) is 5.61. The summed E-state index contributed by atoms with van der Waals surface area (Å²) in [6.45, 7) is 2.77. The van der Waals surface area contributed by atoms with E-state index in [1.165, 1.54) is 0 Å². The Morgan fingerprint density at radius 1 is 1.18 bits per heavy atom. The molecular formula is C19H22N4O5. The fourth-order valence-corrected chi connectivity index (χ4v) is 3.81. The summed E-state index contributed by atoms with van der Waals surface area (Å²) >= 11 is 0. The summed E-state index contributed by atoms with van der Waals surface area (Å²) in [7, 11) is 1.69. The van der Waals surface area contributed by atoms with Gasteiger partial charge in [-0.3, -0.25) is 29.4 Å². The summed E-state index contributed by atoms with van der Waals surface area (Å²) in [5.74, 6) is -1.98. The fraction of sp³-hybridized carbons (Fsp3) is 0.474. The monoisotopic (exact) mass is 386 g/mol. The number of nitrogens with one attached hydrogen (secondary N) is 3. The fourth-order valence-electron chi connectivity index (χ4n) is 3.81. The first kappa shape index (κ1) is 18.7. The molecule has 28 heavy (non-hydrogen) atoms. The smallest absolute Gasteiger partial charge is 0.262 e. The van der Waals surface area contributed by atoms with Crippen molar-refractivity contribution in [2.75, 3.05) is 26.7 Å². The van der Waals surface area contributed by atoms with E-state index in [1.807, 2.05) is 0 Å². The lowest BCUT2D eigenvalue weighted by Crippen LogP contribution is -2.65. The lowest BCUT2D eigenvalue weighted by Gasteiger charge is -2.41. The van der Waals surface area contributed by atoms with Gasteiger partial charge in [-0.2, -0.15) is 0 Å². The minimum atomic E-state index is -0.945. The quantitative estimate of drug-likeness (QED) is 0.546. The Hall–Kier alpha value is -2.62. The van der Waals surface area contributed by atoms with Crippen molar-refractivity contribution in [3.63, 3.8) is 0 Å². The Balaban J connectivity index is 1.46. The number of piperidine rings is 1. The van der Waals surface area contributed by atoms with E-state index < -0.39 is 23.8 Å². The van der Waals surface area contributed by atoms with Crippen molar-refractivity contribution in [2.45, 2.75) is 31.0 Å². The molecule has 3 heterocycles. The van der Waals surface area contributed by atoms with Crippen molar-refractivity contribution in [3.05, 3.63) is 34.9 Å². The first-order valence-corrected chi connectivity index (χ1v) is 9.25. The Kier molecular flexibility index (Phi) is 4.74. The topological polar surface area (TPSA) is 117 Å². The van der Waals surface area contributed by atoms with E-state index in [2.05, 4.69) is 16.0 Å². The molecule has 9 nitrogen and oxygen atoms in total. The summed E-state index contributed by atoms with van der Waals surface area (Å²) in [6, 6.07) is 4.16. The summed E-state index contributed by atoms with van der Waals surface area (Å²) < 4.78 is 5.52. The number of imide groups is 2. The molecule has 0 saturated carbocycles. The molecule has 4 rings (SSSR count). The van der Waals surface area contributed by atoms with E-state index >= 15 is 0 Å². The number of methoxy groups -OCH3 is 1. The summed E-state index contributed by atoms with van der Waals surface area (Å²) in [4.78, 5) is 49.9. The maximum atomic E-state index is 12.8. The number of ether oxygens (including phenoxy) is 1. The molecule has 1 aromatic rings. The number of hydrogen-bond acceptors (Lipinski definition) is 7. The summed E-state index contributed by atoms with van der Waals surface area (Å²) in [5, 5.41) is 8.70. The predicted octanol–water partition coefficient (Wildman–Crippen LogP) is -0.834. The molecule has 1 atom stereocenters. The van der Waals surface area contributed by atoms with E-state index in [-0.39, 0.29) is 29.9 Å². The zero-order chi connectivity index (χ0) is 19.9. The van der Waals surface area contributed by atoms with E-state index in [0.717, 1.165) is 23.6 Å². The number of carbonyl (C=O) groups excluding carboxylic acids is 4. The Bertz CT molecular complexity index is 858. The second-order valence-corrected chi connectivity index (χ2v) is 7.42. The maximum absolute atomic E-state index is 12.8. The van der Waals surface area contributed by atoms with E-state index in [4.69, 9.17) is 4.74 Å². The van der Waals surface area contributed by atoms with Crippen LogP contribution in [-0.4, -0.2) is 66.9 Å². The van der Waals surface area contributed by atoms with Crippen LogP contribution in [0.1, 0.15) is 39.1 Å². The van der Waals surface area contributed by atoms with Crippen LogP contribution >= 0.6 is 0 Å². The van der Waals surface area contributed by atoms with Crippen LogP contribution in [0.25, 0.3) is 0 Å². The van der Waals surface area contributed by atoms with Gasteiger partial charge in [-0.05, 0) is 24.1 Å². The predicted molar refractivity (Wildman–Crippen MR) is 97.4 cm³/mol. The van der Waals surface area contributed by atoms with Gasteiger partial charge in [0.2, 0.25) is 11.8 Å². The third-order valence-corrected chi connectivity index (χ3v) is 5.61. The van der Waals surface area contributed by atoms with Crippen molar-refractivity contribution < 1.29 is 23.9 Å². The summed E-state index contributed by atoms with van der Waals surface area (Å²) in [6.07, 6.45) is 0.257. The number of carbonyl (C=O) groups is 4. The molecule has 4 amide bonds. The molecule has 0 bridgehead atoms. The van der Waals surface area contributed by atoms with Crippen LogP contribution in [0.5, 0.6) is 0 Å². The molecule has 3 N–H and O–H groups in total. The van der Waals surface area contributed by atoms with Gasteiger partial charge in [0, 0.05) is 39.7 Å². The van der Waals surface area contributed by atoms with Crippen LogP contribution in [0.3, 0.4) is 0 Å². The highest BCUT2D eigenvalue weighted by Gasteiger charge is 2.44. The Labute approximate surface area is 161 Å². The van der Waals surface area contributed by atoms with Gasteiger partial charge in [0.05, 0.1) is 11.1 Å². The SMILES string of the molecule is COC1(CNCc2ccc3c(c2)C(=O)N(C2CCC(=O)NC2=O)C3=O)CNC1. The minimum Gasteiger partial charge on any atom is -0.374 e. The molecule has 2 fully saturated rings. The van der Waals surface area contributed by atoms with Crippen molar-refractivity contribution in [3.8, 4) is 0 Å². The number of fused-ring (bicyclic) bond motifs is 1.